The second-order valence-electron chi connectivity index (χ2n) is 8.21. The van der Waals surface area contributed by atoms with E-state index in [0.717, 1.165) is 49.3 Å². The first kappa shape index (κ1) is 29.6. The van der Waals surface area contributed by atoms with Gasteiger partial charge in [0.25, 0.3) is 5.56 Å². The minimum absolute atomic E-state index is 0. The molecular weight excluding hydrogens is 538 g/mol. The van der Waals surface area contributed by atoms with Crippen molar-refractivity contribution in [1.29, 1.82) is 0 Å². The quantitative estimate of drug-likeness (QED) is 0.316. The molecule has 1 aliphatic rings. The van der Waals surface area contributed by atoms with Crippen LogP contribution < -0.4 is 5.56 Å². The summed E-state index contributed by atoms with van der Waals surface area (Å²) in [6.07, 6.45) is 2.24. The molecule has 0 spiro atoms. The molecule has 0 N–H and O–H groups in total. The fourth-order valence-corrected chi connectivity index (χ4v) is 4.23. The molecule has 194 valence electrons. The molecule has 1 saturated heterocycles. The molecule has 1 fully saturated rings. The van der Waals surface area contributed by atoms with Gasteiger partial charge >= 0.3 is 6.18 Å². The zero-order valence-corrected chi connectivity index (χ0v) is 21.5. The summed E-state index contributed by atoms with van der Waals surface area (Å²) in [7, 11) is 0. The van der Waals surface area contributed by atoms with Crippen molar-refractivity contribution in [3.8, 4) is 16.9 Å². The molecule has 0 amide bonds. The van der Waals surface area contributed by atoms with Crippen LogP contribution in [-0.4, -0.2) is 43.9 Å². The Labute approximate surface area is 224 Å². The molecule has 4 heterocycles. The molecule has 4 aromatic rings. The van der Waals surface area contributed by atoms with Gasteiger partial charge in [-0.3, -0.25) is 19.0 Å². The Bertz CT molecular complexity index is 1350. The lowest BCUT2D eigenvalue weighted by Gasteiger charge is -2.14. The fraction of sp³-hybridized carbons (Fsp3) is 0.292. The Kier molecular flexibility index (Phi) is 9.96. The Morgan fingerprint density at radius 1 is 0.889 bits per heavy atom. The number of alkyl halides is 3. The highest BCUT2D eigenvalue weighted by Crippen LogP contribution is 2.29. The van der Waals surface area contributed by atoms with Crippen molar-refractivity contribution in [2.75, 3.05) is 19.6 Å². The summed E-state index contributed by atoms with van der Waals surface area (Å²) in [5, 5.41) is 5.45. The van der Waals surface area contributed by atoms with Gasteiger partial charge in [-0.2, -0.15) is 18.3 Å². The van der Waals surface area contributed by atoms with E-state index in [4.69, 9.17) is 0 Å². The van der Waals surface area contributed by atoms with Gasteiger partial charge in [0.1, 0.15) is 0 Å². The van der Waals surface area contributed by atoms with Crippen molar-refractivity contribution in [2.45, 2.75) is 25.6 Å². The summed E-state index contributed by atoms with van der Waals surface area (Å²) in [6, 6.07) is 11.0. The lowest BCUT2D eigenvalue weighted by Crippen LogP contribution is -2.24. The van der Waals surface area contributed by atoms with Gasteiger partial charge in [0.05, 0.1) is 29.5 Å². The van der Waals surface area contributed by atoms with E-state index in [1.165, 1.54) is 29.5 Å². The number of hydrogen-bond donors (Lipinski definition) is 0. The molecule has 12 heteroatoms. The highest BCUT2D eigenvalue weighted by molar-refractivity contribution is 5.86. The molecule has 1 aromatic carbocycles. The van der Waals surface area contributed by atoms with Crippen LogP contribution in [0.1, 0.15) is 18.4 Å². The first-order valence-electron chi connectivity index (χ1n) is 10.8. The summed E-state index contributed by atoms with van der Waals surface area (Å²) in [4.78, 5) is 19.1. The first-order chi connectivity index (χ1) is 15.9. The van der Waals surface area contributed by atoms with Crippen LogP contribution >= 0.6 is 37.2 Å². The van der Waals surface area contributed by atoms with E-state index in [1.54, 1.807) is 18.5 Å². The highest BCUT2D eigenvalue weighted by atomic mass is 35.5. The Balaban J connectivity index is 0.00000152. The number of pyridine rings is 2. The summed E-state index contributed by atoms with van der Waals surface area (Å²) >= 11 is 0. The molecule has 0 saturated carbocycles. The van der Waals surface area contributed by atoms with Crippen molar-refractivity contribution in [3.63, 3.8) is 0 Å². The maximum atomic E-state index is 12.8. The van der Waals surface area contributed by atoms with Gasteiger partial charge in [-0.25, -0.2) is 0 Å². The minimum atomic E-state index is -4.45. The number of fused-ring (bicyclic) bond motifs is 1. The first-order valence-corrected chi connectivity index (χ1v) is 10.8. The number of aromatic nitrogens is 4. The number of rotatable bonds is 5. The second-order valence-corrected chi connectivity index (χ2v) is 8.21. The Morgan fingerprint density at radius 3 is 2.28 bits per heavy atom. The van der Waals surface area contributed by atoms with Gasteiger partial charge in [0.2, 0.25) is 0 Å². The number of nitrogens with zero attached hydrogens (tertiary/aromatic N) is 5. The SMILES string of the molecule is Cl.Cl.Cl.O=c1cc(-c2ccc(C(F)(F)F)cn2)ccn1-c1ccc2c(cnn2CCN2CCCC2)c1. The smallest absolute Gasteiger partial charge is 0.301 e. The predicted molar refractivity (Wildman–Crippen MR) is 141 cm³/mol. The molecule has 0 radical (unpaired) electrons. The van der Waals surface area contributed by atoms with Crippen molar-refractivity contribution in [1.82, 2.24) is 24.2 Å². The lowest BCUT2D eigenvalue weighted by atomic mass is 10.1. The van der Waals surface area contributed by atoms with Crippen LogP contribution in [0.4, 0.5) is 13.2 Å². The molecule has 0 unspecified atom stereocenters. The molecule has 5 rings (SSSR count). The average Bonchev–Trinajstić information content (AvgIpc) is 3.46. The standard InChI is InChI=1S/C24H22F3N5O.3ClH/c25-24(26,27)19-3-5-21(28-16-19)17-7-10-31(23(33)14-17)20-4-6-22-18(13-20)15-29-32(22)12-11-30-8-1-2-9-30;;;/h3-7,10,13-16H,1-2,8-9,11-12H2;3*1H. The van der Waals surface area contributed by atoms with Gasteiger partial charge in [0, 0.05) is 41.6 Å². The van der Waals surface area contributed by atoms with Crippen molar-refractivity contribution in [2.24, 2.45) is 0 Å². The largest absolute Gasteiger partial charge is 0.417 e. The zero-order chi connectivity index (χ0) is 23.0. The van der Waals surface area contributed by atoms with Gasteiger partial charge in [-0.15, -0.1) is 37.2 Å². The summed E-state index contributed by atoms with van der Waals surface area (Å²) in [6.45, 7) is 4.07. The van der Waals surface area contributed by atoms with Crippen molar-refractivity contribution >= 4 is 48.1 Å². The molecule has 0 aliphatic carbocycles. The van der Waals surface area contributed by atoms with Crippen LogP contribution in [0.25, 0.3) is 27.8 Å². The maximum absolute atomic E-state index is 12.8. The van der Waals surface area contributed by atoms with Gasteiger partial charge < -0.3 is 4.90 Å². The summed E-state index contributed by atoms with van der Waals surface area (Å²) in [5.74, 6) is 0. The average molecular weight is 563 g/mol. The Hall–Kier alpha value is -2.59. The number of halogens is 6. The van der Waals surface area contributed by atoms with E-state index < -0.39 is 11.7 Å². The third-order valence-corrected chi connectivity index (χ3v) is 6.04. The molecule has 0 bridgehead atoms. The highest BCUT2D eigenvalue weighted by Gasteiger charge is 2.30. The van der Waals surface area contributed by atoms with E-state index in [2.05, 4.69) is 15.0 Å². The third-order valence-electron chi connectivity index (χ3n) is 6.04. The van der Waals surface area contributed by atoms with Crippen molar-refractivity contribution in [3.05, 3.63) is 77.0 Å². The Morgan fingerprint density at radius 2 is 1.64 bits per heavy atom. The maximum Gasteiger partial charge on any atom is 0.417 e. The normalized spacial score (nSPS) is 13.6. The van der Waals surface area contributed by atoms with Crippen LogP contribution in [-0.2, 0) is 12.7 Å². The van der Waals surface area contributed by atoms with E-state index >= 15 is 0 Å². The van der Waals surface area contributed by atoms with E-state index in [1.807, 2.05) is 22.9 Å². The van der Waals surface area contributed by atoms with Gasteiger partial charge in [-0.1, -0.05) is 0 Å². The summed E-state index contributed by atoms with van der Waals surface area (Å²) in [5.41, 5.74) is 1.35. The van der Waals surface area contributed by atoms with Crippen LogP contribution in [0.3, 0.4) is 0 Å². The third kappa shape index (κ3) is 6.21. The topological polar surface area (TPSA) is 56.0 Å². The molecular formula is C24H25Cl3F3N5O. The van der Waals surface area contributed by atoms with Crippen LogP contribution in [0.2, 0.25) is 0 Å². The zero-order valence-electron chi connectivity index (χ0n) is 19.0. The van der Waals surface area contributed by atoms with E-state index in [0.29, 0.717) is 16.9 Å². The van der Waals surface area contributed by atoms with Gasteiger partial charge in [-0.05, 0) is 62.3 Å². The van der Waals surface area contributed by atoms with Crippen molar-refractivity contribution < 1.29 is 13.2 Å². The van der Waals surface area contributed by atoms with Crippen LogP contribution in [0, 0.1) is 0 Å². The predicted octanol–water partition coefficient (Wildman–Crippen LogP) is 5.63. The molecule has 1 aliphatic heterocycles. The number of likely N-dealkylation sites (tertiary alicyclic amines) is 1. The summed E-state index contributed by atoms with van der Waals surface area (Å²) < 4.78 is 41.7. The van der Waals surface area contributed by atoms with Gasteiger partial charge in [0.15, 0.2) is 0 Å². The van der Waals surface area contributed by atoms with E-state index in [-0.39, 0.29) is 42.8 Å². The molecule has 6 nitrogen and oxygen atoms in total. The lowest BCUT2D eigenvalue weighted by molar-refractivity contribution is -0.137. The van der Waals surface area contributed by atoms with Crippen LogP contribution in [0.15, 0.2) is 65.8 Å². The molecule has 0 atom stereocenters. The molecule has 36 heavy (non-hydrogen) atoms. The van der Waals surface area contributed by atoms with Crippen LogP contribution in [0.5, 0.6) is 0 Å². The second kappa shape index (κ2) is 12.1. The minimum Gasteiger partial charge on any atom is -0.301 e. The number of benzene rings is 1. The monoisotopic (exact) mass is 561 g/mol. The number of hydrogen-bond acceptors (Lipinski definition) is 4. The molecule has 3 aromatic heterocycles. The van der Waals surface area contributed by atoms with E-state index in [9.17, 15) is 18.0 Å². The fourth-order valence-electron chi connectivity index (χ4n) is 4.23.